The molecule has 141 heavy (non-hydrogen) atoms. The van der Waals surface area contributed by atoms with E-state index in [9.17, 15) is 125 Å². The van der Waals surface area contributed by atoms with Crippen molar-refractivity contribution in [2.75, 3.05) is 39.3 Å². The molecular formula is C89H151N25O27. The Balaban J connectivity index is 1.79. The molecule has 0 bridgehead atoms. The van der Waals surface area contributed by atoms with E-state index < -0.39 is 326 Å². The molecule has 23 amide bonds. The van der Waals surface area contributed by atoms with Gasteiger partial charge in [-0.25, -0.2) is 0 Å². The van der Waals surface area contributed by atoms with Gasteiger partial charge in [-0.2, -0.15) is 0 Å². The van der Waals surface area contributed by atoms with Gasteiger partial charge in [0.2, 0.25) is 136 Å². The molecule has 0 spiro atoms. The number of carbonyl (C=O) groups is 24. The molecule has 0 aromatic rings. The minimum Gasteiger partial charge on any atom is -0.480 e. The van der Waals surface area contributed by atoms with Gasteiger partial charge in [0.05, 0.1) is 37.6 Å². The molecule has 31 N–H and O–H groups in total. The van der Waals surface area contributed by atoms with E-state index in [0.717, 1.165) is 25.2 Å². The van der Waals surface area contributed by atoms with Gasteiger partial charge >= 0.3 is 5.97 Å². The van der Waals surface area contributed by atoms with Gasteiger partial charge in [-0.1, -0.05) is 75.7 Å². The largest absolute Gasteiger partial charge is 0.480 e. The van der Waals surface area contributed by atoms with Gasteiger partial charge in [0.1, 0.15) is 109 Å². The van der Waals surface area contributed by atoms with Crippen LogP contribution in [-0.2, 0) is 115 Å². The van der Waals surface area contributed by atoms with Gasteiger partial charge in [0, 0.05) is 25.9 Å². The Morgan fingerprint density at radius 2 is 0.716 bits per heavy atom. The van der Waals surface area contributed by atoms with Gasteiger partial charge in [-0.05, 0) is 167 Å². The summed E-state index contributed by atoms with van der Waals surface area (Å²) in [5.41, 5.74) is 27.4. The Labute approximate surface area is 818 Å². The number of primary amides is 4. The fraction of sp³-hybridized carbons (Fsp3) is 0.730. The highest BCUT2D eigenvalue weighted by Crippen LogP contribution is 2.25. The molecule has 3 rings (SSSR count). The third-order valence-electron chi connectivity index (χ3n) is 23.6. The second kappa shape index (κ2) is 60.3. The lowest BCUT2D eigenvalue weighted by molar-refractivity contribution is -0.143. The number of unbranched alkanes of at least 4 members (excludes halogenated alkanes) is 1. The molecule has 794 valence electrons. The standard InChI is InChI=1S/C89H151N25O27/c1-16-45(10)69(111-74(126)48(13)98-72(124)46(11)100-79(131)56(37-64(93)119)105-81(133)57(38-65(94)120)104-73(125)47(12)99-77(129)51-23-19-31-95-51)85(137)110-68(44(8)9)84(136)106-55(34-41(2)3)80(132)101-54(27-29-63(92)118)78(130)107-58(35-42(4)5)88(140)113-32-21-25-61(113)83(135)103-53(26-28-62(91)117)76(128)96-39-66(121)109-70(49(14)115)87(139)112-71(50(15)116)86(138)108-59(36-43(6)7)89(141)114-33-20-24-60(114)82(134)102-52(22-17-18-30-90)75(127)97-40-67(122)123/h41-61,68-71,95,115-116H,16-40,90H2,1-15H3,(H2,91,117)(H2,92,118)(H2,93,119)(H2,94,120)(H,96,128)(H,97,127)(H,98,124)(H,99,129)(H,100,131)(H,101,132)(H,102,134)(H,103,135)(H,104,125)(H,105,133)(H,106,136)(H,107,130)(H,108,138)(H,109,121)(H,110,137)(H,111,126)(H,112,139)(H,122,123)/t45-,46-,47-,48-,49+,50+,51-,52-,53-,54-,55-,56-,57-,58-,59-,60-,61-,68-,69-,70-,71-/m0/s1. The van der Waals surface area contributed by atoms with E-state index in [0.29, 0.717) is 32.2 Å². The predicted molar refractivity (Wildman–Crippen MR) is 504 cm³/mol. The van der Waals surface area contributed by atoms with E-state index in [4.69, 9.17) is 33.8 Å². The first-order valence-electron chi connectivity index (χ1n) is 47.8. The first-order chi connectivity index (χ1) is 65.9. The highest BCUT2D eigenvalue weighted by molar-refractivity contribution is 6.03. The van der Waals surface area contributed by atoms with Crippen molar-refractivity contribution in [3.63, 3.8) is 0 Å². The minimum atomic E-state index is -1.92. The van der Waals surface area contributed by atoms with Crippen molar-refractivity contribution in [3.8, 4) is 0 Å². The second-order valence-corrected chi connectivity index (χ2v) is 37.7. The number of amides is 23. The number of rotatable bonds is 62. The number of hydrogen-bond acceptors (Lipinski definition) is 28. The average Bonchev–Trinajstić information content (AvgIpc) is 1.72. The number of nitrogens with zero attached hydrogens (tertiary/aromatic N) is 2. The molecule has 3 fully saturated rings. The van der Waals surface area contributed by atoms with Crippen LogP contribution in [0.3, 0.4) is 0 Å². The number of carbonyl (C=O) groups excluding carboxylic acids is 23. The van der Waals surface area contributed by atoms with Crippen molar-refractivity contribution in [2.45, 2.75) is 347 Å². The lowest BCUT2D eigenvalue weighted by Gasteiger charge is -2.32. The van der Waals surface area contributed by atoms with Crippen molar-refractivity contribution < 1.29 is 130 Å². The SMILES string of the molecule is CC[C@H](C)[C@H](NC(=O)[C@H](C)NC(=O)[C@H](C)NC(=O)[C@H](CC(N)=O)NC(=O)[C@H](CC(N)=O)NC(=O)[C@H](C)NC(=O)[C@@H]1CCCN1)C(=O)N[C@H](C(=O)N[C@@H](CC(C)C)C(=O)N[C@@H](CCC(N)=O)C(=O)N[C@@H](CC(C)C)C(=O)N1CCC[C@H]1C(=O)N[C@@H](CCC(N)=O)C(=O)NCC(=O)N[C@H](C(=O)N[C@H](C(=O)N[C@@H](CC(C)C)C(=O)N1CCC[C@H]1C(=O)N[C@@H](CCCCN)C(=O)NCC(=O)O)[C@@H](C)O)[C@@H](C)O)C(C)C. The summed E-state index contributed by atoms with van der Waals surface area (Å²) in [6, 6.07) is -26.3. The number of aliphatic hydroxyl groups excluding tert-OH is 2. The summed E-state index contributed by atoms with van der Waals surface area (Å²) in [6.07, 6.45) is -4.26. The van der Waals surface area contributed by atoms with Crippen LogP contribution in [0.15, 0.2) is 0 Å². The Morgan fingerprint density at radius 1 is 0.355 bits per heavy atom. The number of nitrogens with one attached hydrogen (secondary N) is 18. The quantitative estimate of drug-likeness (QED) is 0.0251. The zero-order valence-corrected chi connectivity index (χ0v) is 83.0. The first kappa shape index (κ1) is 122. The molecule has 0 radical (unpaired) electrons. The number of carboxylic acids is 1. The van der Waals surface area contributed by atoms with E-state index in [1.165, 1.54) is 25.7 Å². The van der Waals surface area contributed by atoms with Crippen LogP contribution in [-0.4, -0.2) is 327 Å². The average molecular weight is 2000 g/mol. The molecule has 3 heterocycles. The molecule has 52 heteroatoms. The van der Waals surface area contributed by atoms with Crippen molar-refractivity contribution >= 4 is 142 Å². The van der Waals surface area contributed by atoms with Gasteiger partial charge in [-0.15, -0.1) is 0 Å². The van der Waals surface area contributed by atoms with E-state index in [-0.39, 0.29) is 88.8 Å². The smallest absolute Gasteiger partial charge is 0.322 e. The number of hydrogen-bond donors (Lipinski definition) is 26. The molecule has 0 aromatic carbocycles. The van der Waals surface area contributed by atoms with Gasteiger partial charge in [0.25, 0.3) is 0 Å². The number of aliphatic hydroxyl groups is 2. The highest BCUT2D eigenvalue weighted by atomic mass is 16.4. The van der Waals surface area contributed by atoms with Crippen LogP contribution in [0.5, 0.6) is 0 Å². The fourth-order valence-electron chi connectivity index (χ4n) is 15.6. The van der Waals surface area contributed by atoms with Crippen molar-refractivity contribution in [1.29, 1.82) is 0 Å². The van der Waals surface area contributed by atoms with Crippen LogP contribution in [0.1, 0.15) is 226 Å². The lowest BCUT2D eigenvalue weighted by atomic mass is 9.95. The summed E-state index contributed by atoms with van der Waals surface area (Å²) < 4.78 is 0. The van der Waals surface area contributed by atoms with Crippen LogP contribution in [0.4, 0.5) is 0 Å². The first-order valence-corrected chi connectivity index (χ1v) is 47.8. The highest BCUT2D eigenvalue weighted by Gasteiger charge is 2.45. The third-order valence-corrected chi connectivity index (χ3v) is 23.6. The van der Waals surface area contributed by atoms with Crippen molar-refractivity contribution in [3.05, 3.63) is 0 Å². The summed E-state index contributed by atoms with van der Waals surface area (Å²) in [5, 5.41) is 75.4. The molecule has 0 saturated carbocycles. The maximum Gasteiger partial charge on any atom is 0.322 e. The Morgan fingerprint density at radius 3 is 1.16 bits per heavy atom. The molecular weight excluding hydrogens is 1850 g/mol. The van der Waals surface area contributed by atoms with Gasteiger partial charge in [-0.3, -0.25) is 115 Å². The number of carboxylic acid groups (broad SMARTS) is 1. The summed E-state index contributed by atoms with van der Waals surface area (Å²) in [7, 11) is 0. The molecule has 3 saturated heterocycles. The number of likely N-dealkylation sites (tertiary alicyclic amines) is 2. The zero-order chi connectivity index (χ0) is 107. The van der Waals surface area contributed by atoms with Crippen LogP contribution in [0.25, 0.3) is 0 Å². The topological polar surface area (TPSA) is 823 Å². The molecule has 0 aliphatic carbocycles. The number of nitrogens with two attached hydrogens (primary N) is 5. The zero-order valence-electron chi connectivity index (χ0n) is 83.0. The minimum absolute atomic E-state index is 0.0208. The van der Waals surface area contributed by atoms with Crippen molar-refractivity contribution in [1.82, 2.24) is 106 Å². The molecule has 0 unspecified atom stereocenters. The number of aliphatic carboxylic acids is 1. The second-order valence-electron chi connectivity index (χ2n) is 37.7. The Bertz CT molecular complexity index is 4400. The predicted octanol–water partition coefficient (Wildman–Crippen LogP) is -9.62. The molecule has 3 aliphatic rings. The normalized spacial score (nSPS) is 18.4. The van der Waals surface area contributed by atoms with Crippen LogP contribution >= 0.6 is 0 Å². The van der Waals surface area contributed by atoms with E-state index >= 15 is 0 Å². The summed E-state index contributed by atoms with van der Waals surface area (Å²) >= 11 is 0. The van der Waals surface area contributed by atoms with Crippen LogP contribution in [0.2, 0.25) is 0 Å². The maximum absolute atomic E-state index is 14.9. The lowest BCUT2D eigenvalue weighted by Crippen LogP contribution is -2.62. The summed E-state index contributed by atoms with van der Waals surface area (Å²) in [4.78, 5) is 328. The molecule has 21 atom stereocenters. The van der Waals surface area contributed by atoms with E-state index in [2.05, 4.69) is 95.7 Å². The molecule has 52 nitrogen and oxygen atoms in total. The van der Waals surface area contributed by atoms with Gasteiger partial charge < -0.3 is 149 Å². The van der Waals surface area contributed by atoms with E-state index in [1.54, 1.807) is 69.2 Å². The van der Waals surface area contributed by atoms with Crippen LogP contribution < -0.4 is 124 Å². The summed E-state index contributed by atoms with van der Waals surface area (Å²) in [5.74, 6) is -25.9. The maximum atomic E-state index is 14.9. The van der Waals surface area contributed by atoms with E-state index in [1.807, 2.05) is 0 Å². The Hall–Kier alpha value is -12.9. The molecule has 3 aliphatic heterocycles. The third kappa shape index (κ3) is 42.2. The Kier molecular flexibility index (Phi) is 52.3. The fourth-order valence-corrected chi connectivity index (χ4v) is 15.6. The monoisotopic (exact) mass is 2000 g/mol. The van der Waals surface area contributed by atoms with Gasteiger partial charge in [0.15, 0.2) is 0 Å². The van der Waals surface area contributed by atoms with Crippen molar-refractivity contribution in [2.24, 2.45) is 58.3 Å². The van der Waals surface area contributed by atoms with Crippen LogP contribution in [0, 0.1) is 29.6 Å². The summed E-state index contributed by atoms with van der Waals surface area (Å²) in [6.45, 7) is 21.7. The molecule has 0 aromatic heterocycles.